The maximum Gasteiger partial charge on any atom is 0.279 e. The second kappa shape index (κ2) is 10.3. The van der Waals surface area contributed by atoms with Crippen molar-refractivity contribution in [2.75, 3.05) is 31.7 Å². The van der Waals surface area contributed by atoms with Crippen molar-refractivity contribution in [2.24, 2.45) is 0 Å². The smallest absolute Gasteiger partial charge is 0.279 e. The van der Waals surface area contributed by atoms with Crippen molar-refractivity contribution in [1.29, 1.82) is 0 Å². The molecular formula is C22H30N3O2S+. The van der Waals surface area contributed by atoms with Gasteiger partial charge < -0.3 is 15.5 Å². The summed E-state index contributed by atoms with van der Waals surface area (Å²) in [4.78, 5) is 26.5. The first kappa shape index (κ1) is 22.0. The highest BCUT2D eigenvalue weighted by molar-refractivity contribution is 7.98. The number of hydrogen-bond acceptors (Lipinski definition) is 3. The lowest BCUT2D eigenvalue weighted by atomic mass is 10.0. The van der Waals surface area contributed by atoms with E-state index in [1.165, 1.54) is 11.1 Å². The van der Waals surface area contributed by atoms with Gasteiger partial charge >= 0.3 is 0 Å². The van der Waals surface area contributed by atoms with Crippen LogP contribution in [0.5, 0.6) is 0 Å². The topological polar surface area (TPSA) is 62.6 Å². The molecule has 0 aliphatic heterocycles. The zero-order valence-corrected chi connectivity index (χ0v) is 18.1. The number of aryl methyl sites for hydroxylation is 2. The van der Waals surface area contributed by atoms with Crippen molar-refractivity contribution in [2.45, 2.75) is 31.7 Å². The van der Waals surface area contributed by atoms with Crippen LogP contribution < -0.4 is 15.5 Å². The Kier molecular flexibility index (Phi) is 8.08. The van der Waals surface area contributed by atoms with Crippen LogP contribution in [0.15, 0.2) is 47.4 Å². The lowest BCUT2D eigenvalue weighted by Crippen LogP contribution is -3.11. The summed E-state index contributed by atoms with van der Waals surface area (Å²) in [6, 6.07) is 13.8. The molecule has 2 amide bonds. The summed E-state index contributed by atoms with van der Waals surface area (Å²) < 4.78 is 0. The van der Waals surface area contributed by atoms with Crippen molar-refractivity contribution >= 4 is 29.3 Å². The first-order chi connectivity index (χ1) is 13.3. The third-order valence-electron chi connectivity index (χ3n) is 4.71. The Morgan fingerprint density at radius 3 is 2.39 bits per heavy atom. The van der Waals surface area contributed by atoms with Gasteiger partial charge in [0, 0.05) is 4.90 Å². The van der Waals surface area contributed by atoms with E-state index in [2.05, 4.69) is 36.6 Å². The SMILES string of the molecule is CSc1ccccc1NC(=O)C[NH+](C)CC(=O)N[C@H](C)c1ccc(C)c(C)c1. The summed E-state index contributed by atoms with van der Waals surface area (Å²) in [6.45, 7) is 6.59. The van der Waals surface area contributed by atoms with Crippen molar-refractivity contribution < 1.29 is 14.5 Å². The standard InChI is InChI=1S/C22H29N3O2S/c1-15-10-11-18(12-16(15)2)17(3)23-21(26)13-25(4)14-22(27)24-19-8-6-7-9-20(19)28-5/h6-12,17H,13-14H2,1-5H3,(H,23,26)(H,24,27)/p+1/t17-/m1/s1. The largest absolute Gasteiger partial charge is 0.345 e. The van der Waals surface area contributed by atoms with Crippen LogP contribution in [-0.2, 0) is 9.59 Å². The fourth-order valence-corrected chi connectivity index (χ4v) is 3.52. The molecule has 2 aromatic rings. The minimum absolute atomic E-state index is 0.0677. The Labute approximate surface area is 171 Å². The van der Waals surface area contributed by atoms with E-state index >= 15 is 0 Å². The molecule has 0 aliphatic carbocycles. The Bertz CT molecular complexity index is 838. The summed E-state index contributed by atoms with van der Waals surface area (Å²) in [7, 11) is 1.85. The number of nitrogens with one attached hydrogen (secondary N) is 3. The fraction of sp³-hybridized carbons (Fsp3) is 0.364. The van der Waals surface area contributed by atoms with E-state index in [-0.39, 0.29) is 30.9 Å². The van der Waals surface area contributed by atoms with Gasteiger partial charge in [-0.05, 0) is 55.9 Å². The monoisotopic (exact) mass is 400 g/mol. The molecule has 2 atom stereocenters. The quantitative estimate of drug-likeness (QED) is 0.596. The zero-order valence-electron chi connectivity index (χ0n) is 17.3. The number of likely N-dealkylation sites (N-methyl/N-ethyl adjacent to an activating group) is 1. The van der Waals surface area contributed by atoms with Crippen molar-refractivity contribution in [3.05, 3.63) is 59.2 Å². The van der Waals surface area contributed by atoms with E-state index in [0.29, 0.717) is 0 Å². The predicted molar refractivity (Wildman–Crippen MR) is 116 cm³/mol. The second-order valence-electron chi connectivity index (χ2n) is 7.19. The number of thioether (sulfide) groups is 1. The number of carbonyl (C=O) groups is 2. The number of rotatable bonds is 8. The van der Waals surface area contributed by atoms with E-state index in [1.54, 1.807) is 11.8 Å². The van der Waals surface area contributed by atoms with Gasteiger partial charge in [-0.25, -0.2) is 0 Å². The summed E-state index contributed by atoms with van der Waals surface area (Å²) >= 11 is 1.59. The van der Waals surface area contributed by atoms with Crippen molar-refractivity contribution in [1.82, 2.24) is 5.32 Å². The summed E-state index contributed by atoms with van der Waals surface area (Å²) in [5, 5.41) is 5.95. The van der Waals surface area contributed by atoms with Gasteiger partial charge in [-0.15, -0.1) is 11.8 Å². The number of benzene rings is 2. The molecule has 150 valence electrons. The number of anilines is 1. The molecule has 2 rings (SSSR count). The highest BCUT2D eigenvalue weighted by atomic mass is 32.2. The van der Waals surface area contributed by atoms with Crippen molar-refractivity contribution in [3.8, 4) is 0 Å². The maximum absolute atomic E-state index is 12.4. The Morgan fingerprint density at radius 1 is 1.04 bits per heavy atom. The molecule has 0 radical (unpaired) electrons. The highest BCUT2D eigenvalue weighted by Gasteiger charge is 2.17. The van der Waals surface area contributed by atoms with Crippen LogP contribution in [0.3, 0.4) is 0 Å². The average Bonchev–Trinajstić information content (AvgIpc) is 2.63. The first-order valence-corrected chi connectivity index (χ1v) is 10.6. The van der Waals surface area contributed by atoms with E-state index < -0.39 is 0 Å². The molecule has 2 aromatic carbocycles. The van der Waals surface area contributed by atoms with Gasteiger partial charge in [0.15, 0.2) is 13.1 Å². The van der Waals surface area contributed by atoms with Gasteiger partial charge in [0.05, 0.1) is 18.8 Å². The fourth-order valence-electron chi connectivity index (χ4n) is 2.96. The highest BCUT2D eigenvalue weighted by Crippen LogP contribution is 2.24. The minimum Gasteiger partial charge on any atom is -0.345 e. The number of hydrogen-bond donors (Lipinski definition) is 3. The van der Waals surface area contributed by atoms with E-state index in [0.717, 1.165) is 21.0 Å². The van der Waals surface area contributed by atoms with Crippen LogP contribution >= 0.6 is 11.8 Å². The molecule has 0 spiro atoms. The molecule has 0 bridgehead atoms. The molecule has 28 heavy (non-hydrogen) atoms. The molecule has 0 aromatic heterocycles. The van der Waals surface area contributed by atoms with Gasteiger partial charge in [-0.3, -0.25) is 9.59 Å². The average molecular weight is 401 g/mol. The lowest BCUT2D eigenvalue weighted by molar-refractivity contribution is -0.862. The summed E-state index contributed by atoms with van der Waals surface area (Å²) in [5.74, 6) is -0.172. The van der Waals surface area contributed by atoms with Gasteiger partial charge in [-0.2, -0.15) is 0 Å². The van der Waals surface area contributed by atoms with Crippen LogP contribution in [0, 0.1) is 13.8 Å². The summed E-state index contributed by atoms with van der Waals surface area (Å²) in [6.07, 6.45) is 1.98. The van der Waals surface area contributed by atoms with Gasteiger partial charge in [-0.1, -0.05) is 30.3 Å². The van der Waals surface area contributed by atoms with E-state index in [9.17, 15) is 9.59 Å². The molecule has 3 N–H and O–H groups in total. The molecule has 0 fully saturated rings. The normalized spacial score (nSPS) is 12.9. The molecule has 0 heterocycles. The number of amides is 2. The molecule has 1 unspecified atom stereocenters. The zero-order chi connectivity index (χ0) is 20.7. The first-order valence-electron chi connectivity index (χ1n) is 9.40. The van der Waals surface area contributed by atoms with Crippen LogP contribution in [0.1, 0.15) is 29.7 Å². The molecule has 0 saturated carbocycles. The third kappa shape index (κ3) is 6.39. The van der Waals surface area contributed by atoms with Gasteiger partial charge in [0.1, 0.15) is 0 Å². The molecular weight excluding hydrogens is 370 g/mol. The van der Waals surface area contributed by atoms with Crippen LogP contribution in [0.25, 0.3) is 0 Å². The Balaban J connectivity index is 1.84. The lowest BCUT2D eigenvalue weighted by Gasteiger charge is -2.18. The molecule has 0 saturated heterocycles. The van der Waals surface area contributed by atoms with Crippen LogP contribution in [-0.4, -0.2) is 38.2 Å². The third-order valence-corrected chi connectivity index (χ3v) is 5.51. The predicted octanol–water partition coefficient (Wildman–Crippen LogP) is 2.36. The summed E-state index contributed by atoms with van der Waals surface area (Å²) in [5.41, 5.74) is 4.34. The van der Waals surface area contributed by atoms with Crippen LogP contribution in [0.2, 0.25) is 0 Å². The van der Waals surface area contributed by atoms with Crippen molar-refractivity contribution in [3.63, 3.8) is 0 Å². The second-order valence-corrected chi connectivity index (χ2v) is 8.04. The number of quaternary nitrogens is 1. The van der Waals surface area contributed by atoms with Gasteiger partial charge in [0.25, 0.3) is 11.8 Å². The van der Waals surface area contributed by atoms with E-state index in [4.69, 9.17) is 0 Å². The minimum atomic E-state index is -0.103. The van der Waals surface area contributed by atoms with Gasteiger partial charge in [0.2, 0.25) is 0 Å². The van der Waals surface area contributed by atoms with E-state index in [1.807, 2.05) is 50.6 Å². The van der Waals surface area contributed by atoms with Crippen LogP contribution in [0.4, 0.5) is 5.69 Å². The number of carbonyl (C=O) groups excluding carboxylic acids is 2. The number of para-hydroxylation sites is 1. The maximum atomic E-state index is 12.4. The Hall–Kier alpha value is -2.31. The molecule has 0 aliphatic rings. The Morgan fingerprint density at radius 2 is 1.71 bits per heavy atom. The molecule has 5 nitrogen and oxygen atoms in total. The molecule has 6 heteroatoms.